The summed E-state index contributed by atoms with van der Waals surface area (Å²) in [6.45, 7) is 1.28. The minimum atomic E-state index is -1.12. The topological polar surface area (TPSA) is 98.1 Å². The number of Topliss-reactive ketones (excluding diaryl/α,β-unsaturated/α-hetero) is 2. The molecule has 2 atom stereocenters. The molecule has 0 saturated carbocycles. The number of aromatic hydroxyl groups is 2. The van der Waals surface area contributed by atoms with Gasteiger partial charge in [-0.3, -0.25) is 14.5 Å². The van der Waals surface area contributed by atoms with Crippen molar-refractivity contribution in [1.82, 2.24) is 4.90 Å². The Bertz CT molecular complexity index is 1270. The molecule has 1 aliphatic rings. The highest BCUT2D eigenvalue weighted by molar-refractivity contribution is 6.02. The minimum absolute atomic E-state index is 0.00140. The Balaban J connectivity index is 1.91. The minimum Gasteiger partial charge on any atom is -0.505 e. The quantitative estimate of drug-likeness (QED) is 0.410. The van der Waals surface area contributed by atoms with Crippen molar-refractivity contribution < 1.29 is 38.1 Å². The van der Waals surface area contributed by atoms with E-state index in [1.807, 2.05) is 0 Å². The number of rotatable bonds is 7. The second-order valence-electron chi connectivity index (χ2n) is 9.18. The third-order valence-electron chi connectivity index (χ3n) is 7.02. The summed E-state index contributed by atoms with van der Waals surface area (Å²) in [6, 6.07) is 11.5. The van der Waals surface area contributed by atoms with Crippen LogP contribution < -0.4 is 0 Å². The number of carbonyl (C=O) groups is 2. The summed E-state index contributed by atoms with van der Waals surface area (Å²) in [6.07, 6.45) is 0. The highest BCUT2D eigenvalue weighted by Crippen LogP contribution is 2.43. The smallest absolute Gasteiger partial charge is 0.175 e. The molecule has 1 saturated heterocycles. The van der Waals surface area contributed by atoms with Gasteiger partial charge in [0.05, 0.1) is 17.7 Å². The van der Waals surface area contributed by atoms with Crippen molar-refractivity contribution in [1.29, 1.82) is 0 Å². The number of likely N-dealkylation sites (tertiary alicyclic amines) is 1. The van der Waals surface area contributed by atoms with Gasteiger partial charge in [-0.25, -0.2) is 13.2 Å². The number of halogens is 3. The highest BCUT2D eigenvalue weighted by Gasteiger charge is 2.46. The average Bonchev–Trinajstić information content (AvgIpc) is 2.88. The lowest BCUT2D eigenvalue weighted by molar-refractivity contribution is 0.0524. The molecular weight excluding hydrogens is 487 g/mol. The van der Waals surface area contributed by atoms with E-state index in [0.717, 1.165) is 12.1 Å². The van der Waals surface area contributed by atoms with E-state index >= 15 is 0 Å². The Morgan fingerprint density at radius 3 is 1.81 bits per heavy atom. The number of aliphatic hydroxyl groups excluding tert-OH is 1. The van der Waals surface area contributed by atoms with Crippen LogP contribution in [-0.2, 0) is 0 Å². The first-order valence-corrected chi connectivity index (χ1v) is 11.8. The zero-order chi connectivity index (χ0) is 26.9. The number of carbonyl (C=O) groups excluding carboxylic acids is 2. The Kier molecular flexibility index (Phi) is 7.65. The van der Waals surface area contributed by atoms with Gasteiger partial charge in [0.1, 0.15) is 5.82 Å². The third kappa shape index (κ3) is 4.97. The van der Waals surface area contributed by atoms with Gasteiger partial charge in [0, 0.05) is 37.4 Å². The molecule has 3 aromatic rings. The van der Waals surface area contributed by atoms with E-state index in [1.165, 1.54) is 43.3 Å². The summed E-state index contributed by atoms with van der Waals surface area (Å²) in [5, 5.41) is 29.3. The maximum atomic E-state index is 14.8. The van der Waals surface area contributed by atoms with Gasteiger partial charge in [0.2, 0.25) is 0 Å². The second-order valence-corrected chi connectivity index (χ2v) is 9.18. The zero-order valence-electron chi connectivity index (χ0n) is 20.0. The van der Waals surface area contributed by atoms with Crippen LogP contribution in [0, 0.1) is 36.2 Å². The number of piperidine rings is 1. The van der Waals surface area contributed by atoms with Crippen molar-refractivity contribution in [2.24, 2.45) is 11.8 Å². The summed E-state index contributed by atoms with van der Waals surface area (Å²) in [7, 11) is 0. The van der Waals surface area contributed by atoms with Crippen molar-refractivity contribution in [3.63, 3.8) is 0 Å². The van der Waals surface area contributed by atoms with Crippen molar-refractivity contribution in [3.8, 4) is 11.5 Å². The van der Waals surface area contributed by atoms with Crippen LogP contribution in [0.2, 0.25) is 0 Å². The van der Waals surface area contributed by atoms with E-state index in [2.05, 4.69) is 0 Å². The van der Waals surface area contributed by atoms with Gasteiger partial charge in [0.15, 0.2) is 34.7 Å². The number of phenols is 2. The fourth-order valence-electron chi connectivity index (χ4n) is 5.19. The molecule has 6 nitrogen and oxygen atoms in total. The molecule has 0 aliphatic carbocycles. The first-order chi connectivity index (χ1) is 17.6. The number of β-amino-alcohol motifs (C(OH)–C–C–N with tert-alkyl or cyclic N) is 1. The van der Waals surface area contributed by atoms with Crippen molar-refractivity contribution in [3.05, 3.63) is 94.3 Å². The van der Waals surface area contributed by atoms with E-state index in [9.17, 15) is 38.1 Å². The molecule has 0 amide bonds. The van der Waals surface area contributed by atoms with Gasteiger partial charge >= 0.3 is 0 Å². The van der Waals surface area contributed by atoms with E-state index < -0.39 is 69.4 Å². The SMILES string of the molecule is Cc1c(F)cccc1C1[C@@H](C(=O)c2cccc(O)c2F)CN(CCO)C[C@@H]1C(=O)c1cccc(O)c1F. The number of benzene rings is 3. The summed E-state index contributed by atoms with van der Waals surface area (Å²) in [5.74, 6) is -8.90. The Labute approximate surface area is 211 Å². The van der Waals surface area contributed by atoms with Crippen LogP contribution in [0.15, 0.2) is 54.6 Å². The molecule has 194 valence electrons. The number of nitrogens with zero attached hydrogens (tertiary/aromatic N) is 1. The van der Waals surface area contributed by atoms with Crippen LogP contribution in [0.3, 0.4) is 0 Å². The molecule has 3 aromatic carbocycles. The molecule has 0 bridgehead atoms. The standard InChI is InChI=1S/C28H26F3NO5/c1-15-16(5-2-8-21(15)29)24-19(27(36)17-6-3-9-22(34)25(17)30)13-32(11-12-33)14-20(24)28(37)18-7-4-10-23(35)26(18)31/h2-10,19-20,24,33-35H,11-14H2,1H3/t19-,20-/m0/s1. The largest absolute Gasteiger partial charge is 0.505 e. The van der Waals surface area contributed by atoms with Crippen LogP contribution in [0.5, 0.6) is 11.5 Å². The monoisotopic (exact) mass is 513 g/mol. The number of aliphatic hydroxyl groups is 1. The van der Waals surface area contributed by atoms with Gasteiger partial charge in [-0.15, -0.1) is 0 Å². The fourth-order valence-corrected chi connectivity index (χ4v) is 5.19. The Morgan fingerprint density at radius 2 is 1.32 bits per heavy atom. The normalized spacial score (nSPS) is 18.6. The van der Waals surface area contributed by atoms with Crippen molar-refractivity contribution in [2.75, 3.05) is 26.2 Å². The predicted octanol–water partition coefficient (Wildman–Crippen LogP) is 4.21. The fraction of sp³-hybridized carbons (Fsp3) is 0.286. The van der Waals surface area contributed by atoms with Gasteiger partial charge in [-0.1, -0.05) is 24.3 Å². The van der Waals surface area contributed by atoms with E-state index in [1.54, 1.807) is 11.0 Å². The molecular formula is C28H26F3NO5. The van der Waals surface area contributed by atoms with E-state index in [-0.39, 0.29) is 31.8 Å². The zero-order valence-corrected chi connectivity index (χ0v) is 20.0. The lowest BCUT2D eigenvalue weighted by atomic mass is 9.67. The molecule has 9 heteroatoms. The highest BCUT2D eigenvalue weighted by atomic mass is 19.1. The van der Waals surface area contributed by atoms with Crippen molar-refractivity contribution >= 4 is 11.6 Å². The van der Waals surface area contributed by atoms with Crippen LogP contribution in [0.1, 0.15) is 37.8 Å². The van der Waals surface area contributed by atoms with Crippen LogP contribution in [-0.4, -0.2) is 58.0 Å². The average molecular weight is 514 g/mol. The molecule has 1 aliphatic heterocycles. The first kappa shape index (κ1) is 26.4. The summed E-state index contributed by atoms with van der Waals surface area (Å²) < 4.78 is 44.3. The van der Waals surface area contributed by atoms with Crippen LogP contribution in [0.25, 0.3) is 0 Å². The summed E-state index contributed by atoms with van der Waals surface area (Å²) >= 11 is 0. The Hall–Kier alpha value is -3.69. The number of phenolic OH excluding ortho intramolecular Hbond substituents is 2. The molecule has 0 spiro atoms. The van der Waals surface area contributed by atoms with Gasteiger partial charge < -0.3 is 15.3 Å². The molecule has 0 radical (unpaired) electrons. The molecule has 0 unspecified atom stereocenters. The van der Waals surface area contributed by atoms with E-state index in [0.29, 0.717) is 5.56 Å². The lowest BCUT2D eigenvalue weighted by Crippen LogP contribution is -2.51. The van der Waals surface area contributed by atoms with Gasteiger partial charge in [-0.05, 0) is 48.4 Å². The predicted molar refractivity (Wildman–Crippen MR) is 129 cm³/mol. The lowest BCUT2D eigenvalue weighted by Gasteiger charge is -2.43. The number of hydrogen-bond donors (Lipinski definition) is 3. The molecule has 1 fully saturated rings. The van der Waals surface area contributed by atoms with Crippen molar-refractivity contribution in [2.45, 2.75) is 12.8 Å². The summed E-state index contributed by atoms with van der Waals surface area (Å²) in [4.78, 5) is 29.2. The van der Waals surface area contributed by atoms with Crippen LogP contribution >= 0.6 is 0 Å². The maximum Gasteiger partial charge on any atom is 0.175 e. The van der Waals surface area contributed by atoms with Gasteiger partial charge in [-0.2, -0.15) is 0 Å². The number of ketones is 2. The summed E-state index contributed by atoms with van der Waals surface area (Å²) in [5.41, 5.74) is -0.276. The number of hydrogen-bond acceptors (Lipinski definition) is 6. The Morgan fingerprint density at radius 1 is 0.838 bits per heavy atom. The van der Waals surface area contributed by atoms with Crippen LogP contribution in [0.4, 0.5) is 13.2 Å². The molecule has 4 rings (SSSR count). The van der Waals surface area contributed by atoms with E-state index in [4.69, 9.17) is 0 Å². The third-order valence-corrected chi connectivity index (χ3v) is 7.02. The molecule has 1 heterocycles. The molecule has 3 N–H and O–H groups in total. The first-order valence-electron chi connectivity index (χ1n) is 11.8. The molecule has 0 aromatic heterocycles. The molecule has 37 heavy (non-hydrogen) atoms. The maximum absolute atomic E-state index is 14.8. The van der Waals surface area contributed by atoms with Gasteiger partial charge in [0.25, 0.3) is 0 Å². The second kappa shape index (κ2) is 10.7.